The second-order valence-electron chi connectivity index (χ2n) is 4.54. The molecule has 3 nitrogen and oxygen atoms in total. The number of rotatable bonds is 3. The number of nitrogens with zero attached hydrogens (tertiary/aromatic N) is 1. The van der Waals surface area contributed by atoms with Gasteiger partial charge in [-0.3, -0.25) is 4.90 Å². The summed E-state index contributed by atoms with van der Waals surface area (Å²) >= 11 is 0. The monoisotopic (exact) mass is 256 g/mol. The molecule has 3 atom stereocenters. The van der Waals surface area contributed by atoms with Crippen LogP contribution in [0.2, 0.25) is 0 Å². The highest BCUT2D eigenvalue weighted by molar-refractivity contribution is 5.23. The molecule has 1 fully saturated rings. The third-order valence-corrected chi connectivity index (χ3v) is 3.30. The van der Waals surface area contributed by atoms with Gasteiger partial charge in [-0.2, -0.15) is 0 Å². The van der Waals surface area contributed by atoms with Crippen molar-refractivity contribution in [1.82, 2.24) is 4.90 Å². The van der Waals surface area contributed by atoms with Crippen LogP contribution in [0.1, 0.15) is 24.4 Å². The molecule has 18 heavy (non-hydrogen) atoms. The van der Waals surface area contributed by atoms with Crippen LogP contribution in [-0.4, -0.2) is 34.0 Å². The Kier molecular flexibility index (Phi) is 3.94. The molecule has 5 heteroatoms. The van der Waals surface area contributed by atoms with Crippen LogP contribution in [0.3, 0.4) is 0 Å². The topological polar surface area (TPSA) is 43.7 Å². The quantitative estimate of drug-likeness (QED) is 0.863. The Bertz CT molecular complexity index is 425. The fourth-order valence-electron chi connectivity index (χ4n) is 2.43. The number of aliphatic hydroxyl groups is 2. The zero-order valence-electron chi connectivity index (χ0n) is 9.89. The summed E-state index contributed by atoms with van der Waals surface area (Å²) in [6, 6.07) is 2.85. The standard InChI is InChI=1S/C13H16F2NO2/c1-8(17)13(18)16-6-2-3-12(16)10-7-9(14)4-5-11(10)15/h4-5,7-8,12-13,17-18H,1-3,6H2/t8?,12-,13?/m1/s1. The first-order valence-corrected chi connectivity index (χ1v) is 5.90. The van der Waals surface area contributed by atoms with Crippen LogP contribution in [0.5, 0.6) is 0 Å². The molecule has 2 unspecified atom stereocenters. The van der Waals surface area contributed by atoms with E-state index in [0.717, 1.165) is 24.6 Å². The van der Waals surface area contributed by atoms with Gasteiger partial charge in [0.05, 0.1) is 6.10 Å². The molecule has 1 saturated heterocycles. The zero-order valence-corrected chi connectivity index (χ0v) is 9.89. The lowest BCUT2D eigenvalue weighted by molar-refractivity contribution is -0.0728. The first-order valence-electron chi connectivity index (χ1n) is 5.90. The molecular weight excluding hydrogens is 240 g/mol. The van der Waals surface area contributed by atoms with Gasteiger partial charge in [0.15, 0.2) is 0 Å². The number of benzene rings is 1. The van der Waals surface area contributed by atoms with Gasteiger partial charge in [0, 0.05) is 18.2 Å². The number of hydrogen-bond acceptors (Lipinski definition) is 3. The van der Waals surface area contributed by atoms with Crippen LogP contribution in [0.4, 0.5) is 8.78 Å². The van der Waals surface area contributed by atoms with E-state index < -0.39 is 30.0 Å². The Balaban J connectivity index is 2.28. The molecule has 99 valence electrons. The lowest BCUT2D eigenvalue weighted by Crippen LogP contribution is -2.42. The maximum atomic E-state index is 13.7. The average molecular weight is 256 g/mol. The number of halogens is 2. The number of hydrogen-bond donors (Lipinski definition) is 2. The second-order valence-corrected chi connectivity index (χ2v) is 4.54. The highest BCUT2D eigenvalue weighted by Crippen LogP contribution is 2.35. The summed E-state index contributed by atoms with van der Waals surface area (Å²) in [6.07, 6.45) is -0.975. The second kappa shape index (κ2) is 5.30. The molecule has 0 aromatic heterocycles. The van der Waals surface area contributed by atoms with Gasteiger partial charge in [-0.05, 0) is 38.0 Å². The molecule has 1 aliphatic heterocycles. The lowest BCUT2D eigenvalue weighted by Gasteiger charge is -2.31. The average Bonchev–Trinajstić information content (AvgIpc) is 2.80. The maximum Gasteiger partial charge on any atom is 0.134 e. The normalized spacial score (nSPS) is 24.2. The molecule has 1 aliphatic rings. The van der Waals surface area contributed by atoms with Crippen LogP contribution in [0.15, 0.2) is 18.2 Å². The molecule has 0 amide bonds. The van der Waals surface area contributed by atoms with Crippen molar-refractivity contribution < 1.29 is 19.0 Å². The van der Waals surface area contributed by atoms with Gasteiger partial charge < -0.3 is 10.2 Å². The van der Waals surface area contributed by atoms with Gasteiger partial charge in [-0.15, -0.1) is 0 Å². The molecule has 0 bridgehead atoms. The third kappa shape index (κ3) is 2.53. The van der Waals surface area contributed by atoms with Crippen molar-refractivity contribution in [2.75, 3.05) is 6.54 Å². The third-order valence-electron chi connectivity index (χ3n) is 3.30. The maximum absolute atomic E-state index is 13.7. The van der Waals surface area contributed by atoms with E-state index in [4.69, 9.17) is 0 Å². The minimum absolute atomic E-state index is 0.215. The molecule has 2 rings (SSSR count). The molecule has 1 radical (unpaired) electrons. The predicted octanol–water partition coefficient (Wildman–Crippen LogP) is 1.62. The first kappa shape index (κ1) is 13.4. The van der Waals surface area contributed by atoms with E-state index in [0.29, 0.717) is 13.0 Å². The SMILES string of the molecule is [CH2]C(O)C(O)N1CCC[C@@H]1c1cc(F)ccc1F. The Labute approximate surface area is 105 Å². The Morgan fingerprint density at radius 2 is 2.06 bits per heavy atom. The van der Waals surface area contributed by atoms with E-state index in [9.17, 15) is 19.0 Å². The van der Waals surface area contributed by atoms with Crippen LogP contribution < -0.4 is 0 Å². The summed E-state index contributed by atoms with van der Waals surface area (Å²) in [7, 11) is 0. The molecule has 0 spiro atoms. The van der Waals surface area contributed by atoms with Crippen LogP contribution in [-0.2, 0) is 0 Å². The van der Waals surface area contributed by atoms with Crippen LogP contribution >= 0.6 is 0 Å². The minimum atomic E-state index is -1.18. The first-order chi connectivity index (χ1) is 8.50. The van der Waals surface area contributed by atoms with Crippen molar-refractivity contribution >= 4 is 0 Å². The van der Waals surface area contributed by atoms with E-state index in [1.165, 1.54) is 0 Å². The van der Waals surface area contributed by atoms with Crippen molar-refractivity contribution in [2.24, 2.45) is 0 Å². The molecule has 1 aromatic carbocycles. The fourth-order valence-corrected chi connectivity index (χ4v) is 2.43. The molecule has 1 heterocycles. The Morgan fingerprint density at radius 3 is 2.72 bits per heavy atom. The summed E-state index contributed by atoms with van der Waals surface area (Å²) < 4.78 is 26.9. The van der Waals surface area contributed by atoms with Crippen molar-refractivity contribution in [1.29, 1.82) is 0 Å². The molecule has 2 N–H and O–H groups in total. The highest BCUT2D eigenvalue weighted by Gasteiger charge is 2.34. The van der Waals surface area contributed by atoms with Crippen molar-refractivity contribution in [2.45, 2.75) is 31.2 Å². The largest absolute Gasteiger partial charge is 0.389 e. The molecule has 1 aromatic rings. The van der Waals surface area contributed by atoms with Gasteiger partial charge in [0.2, 0.25) is 0 Å². The van der Waals surface area contributed by atoms with Crippen molar-refractivity contribution in [3.05, 3.63) is 42.3 Å². The van der Waals surface area contributed by atoms with Crippen LogP contribution in [0.25, 0.3) is 0 Å². The number of aliphatic hydroxyl groups excluding tert-OH is 2. The predicted molar refractivity (Wildman–Crippen MR) is 62.4 cm³/mol. The van der Waals surface area contributed by atoms with E-state index in [-0.39, 0.29) is 5.56 Å². The smallest absolute Gasteiger partial charge is 0.134 e. The number of likely N-dealkylation sites (tertiary alicyclic amines) is 1. The Morgan fingerprint density at radius 1 is 1.33 bits per heavy atom. The molecule has 0 saturated carbocycles. The van der Waals surface area contributed by atoms with E-state index in [1.54, 1.807) is 4.90 Å². The summed E-state index contributed by atoms with van der Waals surface area (Å²) in [5.41, 5.74) is 0.215. The van der Waals surface area contributed by atoms with Gasteiger partial charge in [0.25, 0.3) is 0 Å². The summed E-state index contributed by atoms with van der Waals surface area (Å²) in [6.45, 7) is 3.87. The van der Waals surface area contributed by atoms with Crippen molar-refractivity contribution in [3.63, 3.8) is 0 Å². The molecule has 0 aliphatic carbocycles. The lowest BCUT2D eigenvalue weighted by atomic mass is 10.0. The Hall–Kier alpha value is -1.04. The molecular formula is C13H16F2NO2. The van der Waals surface area contributed by atoms with Crippen LogP contribution in [0, 0.1) is 18.6 Å². The summed E-state index contributed by atoms with van der Waals surface area (Å²) in [4.78, 5) is 1.55. The fraction of sp³-hybridized carbons (Fsp3) is 0.462. The summed E-state index contributed by atoms with van der Waals surface area (Å²) in [5.74, 6) is -1.01. The minimum Gasteiger partial charge on any atom is -0.389 e. The van der Waals surface area contributed by atoms with E-state index in [2.05, 4.69) is 6.92 Å². The van der Waals surface area contributed by atoms with Gasteiger partial charge >= 0.3 is 0 Å². The van der Waals surface area contributed by atoms with Gasteiger partial charge in [-0.25, -0.2) is 8.78 Å². The zero-order chi connectivity index (χ0) is 13.3. The van der Waals surface area contributed by atoms with E-state index >= 15 is 0 Å². The van der Waals surface area contributed by atoms with Gasteiger partial charge in [-0.1, -0.05) is 0 Å². The highest BCUT2D eigenvalue weighted by atomic mass is 19.1. The van der Waals surface area contributed by atoms with E-state index in [1.807, 2.05) is 0 Å². The summed E-state index contributed by atoms with van der Waals surface area (Å²) in [5, 5.41) is 19.1. The van der Waals surface area contributed by atoms with Gasteiger partial charge in [0.1, 0.15) is 17.9 Å². The van der Waals surface area contributed by atoms with Crippen molar-refractivity contribution in [3.8, 4) is 0 Å².